The lowest BCUT2D eigenvalue weighted by atomic mass is 9.91. The minimum Gasteiger partial charge on any atom is -0.387 e. The minimum atomic E-state index is -0.522. The van der Waals surface area contributed by atoms with Crippen LogP contribution in [0.2, 0.25) is 0 Å². The van der Waals surface area contributed by atoms with Gasteiger partial charge in [-0.15, -0.1) is 0 Å². The summed E-state index contributed by atoms with van der Waals surface area (Å²) in [5, 5.41) is 9.59. The van der Waals surface area contributed by atoms with Crippen LogP contribution in [0, 0.1) is 5.92 Å². The molecule has 0 radical (unpaired) electrons. The van der Waals surface area contributed by atoms with E-state index in [1.54, 1.807) is 0 Å². The Morgan fingerprint density at radius 2 is 2.36 bits per heavy atom. The number of aliphatic hydroxyl groups excluding tert-OH is 1. The number of rotatable bonds is 2. The lowest BCUT2D eigenvalue weighted by molar-refractivity contribution is 0.220. The van der Waals surface area contributed by atoms with E-state index in [-0.39, 0.29) is 6.54 Å². The summed E-state index contributed by atoms with van der Waals surface area (Å²) in [6.07, 6.45) is 9.90. The van der Waals surface area contributed by atoms with Crippen molar-refractivity contribution < 1.29 is 5.11 Å². The molecular weight excluding hydrogens is 176 g/mol. The molecule has 1 aliphatic heterocycles. The normalized spacial score (nSPS) is 31.6. The van der Waals surface area contributed by atoms with Crippen LogP contribution in [-0.4, -0.2) is 35.7 Å². The van der Waals surface area contributed by atoms with Crippen LogP contribution >= 0.6 is 0 Å². The van der Waals surface area contributed by atoms with Crippen molar-refractivity contribution in [1.29, 1.82) is 0 Å². The first kappa shape index (κ1) is 9.49. The van der Waals surface area contributed by atoms with Gasteiger partial charge in [0.25, 0.3) is 0 Å². The molecule has 3 nitrogen and oxygen atoms in total. The smallest absolute Gasteiger partial charge is 0.0909 e. The van der Waals surface area contributed by atoms with Gasteiger partial charge in [0.05, 0.1) is 12.1 Å². The predicted molar refractivity (Wildman–Crippen MR) is 56.5 cm³/mol. The van der Waals surface area contributed by atoms with E-state index < -0.39 is 6.10 Å². The molecular formula is C11H16N2O. The molecule has 0 aromatic heterocycles. The Balaban J connectivity index is 2.16. The van der Waals surface area contributed by atoms with Crippen LogP contribution in [0.3, 0.4) is 0 Å². The maximum atomic E-state index is 9.59. The molecule has 1 heterocycles. The minimum absolute atomic E-state index is 0.285. The van der Waals surface area contributed by atoms with Crippen LogP contribution in [0.5, 0.6) is 0 Å². The van der Waals surface area contributed by atoms with Crippen LogP contribution in [0.25, 0.3) is 0 Å². The SMILES string of the molecule is CN1C=CC2C=C(C(O)CN)C=CC21. The number of likely N-dealkylation sites (N-methyl/N-ethyl adjacent to an activating group) is 1. The molecule has 3 heteroatoms. The van der Waals surface area contributed by atoms with Crippen molar-refractivity contribution in [3.05, 3.63) is 36.1 Å². The molecule has 3 N–H and O–H groups in total. The number of hydrogen-bond acceptors (Lipinski definition) is 3. The van der Waals surface area contributed by atoms with Crippen LogP contribution < -0.4 is 5.73 Å². The van der Waals surface area contributed by atoms with Crippen LogP contribution in [-0.2, 0) is 0 Å². The summed E-state index contributed by atoms with van der Waals surface area (Å²) in [7, 11) is 2.06. The van der Waals surface area contributed by atoms with Crippen molar-refractivity contribution in [2.45, 2.75) is 12.1 Å². The quantitative estimate of drug-likeness (QED) is 0.659. The fourth-order valence-corrected chi connectivity index (χ4v) is 1.98. The van der Waals surface area contributed by atoms with Gasteiger partial charge < -0.3 is 15.7 Å². The molecule has 0 fully saturated rings. The standard InChI is InChI=1S/C11H16N2O/c1-13-5-4-8-6-9(11(14)7-12)2-3-10(8)13/h2-6,8,10-11,14H,7,12H2,1H3. The van der Waals surface area contributed by atoms with E-state index in [4.69, 9.17) is 5.73 Å². The van der Waals surface area contributed by atoms with E-state index in [9.17, 15) is 5.11 Å². The molecule has 14 heavy (non-hydrogen) atoms. The van der Waals surface area contributed by atoms with Gasteiger partial charge in [-0.1, -0.05) is 24.3 Å². The van der Waals surface area contributed by atoms with Gasteiger partial charge in [-0.25, -0.2) is 0 Å². The molecule has 0 amide bonds. The van der Waals surface area contributed by atoms with E-state index in [1.807, 2.05) is 6.08 Å². The molecule has 76 valence electrons. The Labute approximate surface area is 84.2 Å². The zero-order valence-electron chi connectivity index (χ0n) is 8.30. The summed E-state index contributed by atoms with van der Waals surface area (Å²) in [4.78, 5) is 2.17. The zero-order chi connectivity index (χ0) is 10.1. The lowest BCUT2D eigenvalue weighted by Crippen LogP contribution is -2.30. The second-order valence-corrected chi connectivity index (χ2v) is 3.85. The highest BCUT2D eigenvalue weighted by atomic mass is 16.3. The molecule has 2 aliphatic rings. The summed E-state index contributed by atoms with van der Waals surface area (Å²) in [5.74, 6) is 0.390. The number of nitrogens with zero attached hydrogens (tertiary/aromatic N) is 1. The maximum absolute atomic E-state index is 9.59. The summed E-state index contributed by atoms with van der Waals surface area (Å²) < 4.78 is 0. The van der Waals surface area contributed by atoms with Gasteiger partial charge in [0.1, 0.15) is 0 Å². The molecule has 0 spiro atoms. The van der Waals surface area contributed by atoms with Crippen molar-refractivity contribution in [2.24, 2.45) is 11.7 Å². The monoisotopic (exact) mass is 192 g/mol. The third kappa shape index (κ3) is 1.49. The van der Waals surface area contributed by atoms with Crippen molar-refractivity contribution in [1.82, 2.24) is 4.90 Å². The van der Waals surface area contributed by atoms with E-state index in [0.717, 1.165) is 5.57 Å². The Hall–Kier alpha value is -1.06. The summed E-state index contributed by atoms with van der Waals surface area (Å²) in [6, 6.07) is 0.420. The fourth-order valence-electron chi connectivity index (χ4n) is 1.98. The second-order valence-electron chi connectivity index (χ2n) is 3.85. The first-order valence-corrected chi connectivity index (χ1v) is 4.90. The summed E-state index contributed by atoms with van der Waals surface area (Å²) in [5.41, 5.74) is 6.35. The third-order valence-corrected chi connectivity index (χ3v) is 2.89. The van der Waals surface area contributed by atoms with Crippen molar-refractivity contribution in [3.8, 4) is 0 Å². The van der Waals surface area contributed by atoms with Crippen LogP contribution in [0.1, 0.15) is 0 Å². The average molecular weight is 192 g/mol. The molecule has 3 atom stereocenters. The van der Waals surface area contributed by atoms with E-state index >= 15 is 0 Å². The summed E-state index contributed by atoms with van der Waals surface area (Å²) in [6.45, 7) is 0.285. The second kappa shape index (κ2) is 3.59. The number of fused-ring (bicyclic) bond motifs is 1. The van der Waals surface area contributed by atoms with E-state index in [1.165, 1.54) is 0 Å². The zero-order valence-corrected chi connectivity index (χ0v) is 8.30. The molecule has 0 bridgehead atoms. The number of hydrogen-bond donors (Lipinski definition) is 2. The highest BCUT2D eigenvalue weighted by Gasteiger charge is 2.26. The molecule has 1 aliphatic carbocycles. The largest absolute Gasteiger partial charge is 0.387 e. The summed E-state index contributed by atoms with van der Waals surface area (Å²) >= 11 is 0. The number of aliphatic hydroxyl groups is 1. The van der Waals surface area contributed by atoms with Gasteiger partial charge >= 0.3 is 0 Å². The van der Waals surface area contributed by atoms with Gasteiger partial charge in [-0.3, -0.25) is 0 Å². The molecule has 2 rings (SSSR count). The highest BCUT2D eigenvalue weighted by molar-refractivity contribution is 5.34. The Morgan fingerprint density at radius 3 is 3.07 bits per heavy atom. The van der Waals surface area contributed by atoms with Gasteiger partial charge in [0.15, 0.2) is 0 Å². The Morgan fingerprint density at radius 1 is 1.57 bits per heavy atom. The van der Waals surface area contributed by atoms with Gasteiger partial charge in [-0.2, -0.15) is 0 Å². The first-order chi connectivity index (χ1) is 6.72. The van der Waals surface area contributed by atoms with Gasteiger partial charge in [0.2, 0.25) is 0 Å². The van der Waals surface area contributed by atoms with Crippen molar-refractivity contribution in [3.63, 3.8) is 0 Å². The lowest BCUT2D eigenvalue weighted by Gasteiger charge is -2.26. The first-order valence-electron chi connectivity index (χ1n) is 4.90. The Kier molecular flexibility index (Phi) is 2.44. The van der Waals surface area contributed by atoms with Gasteiger partial charge in [0, 0.05) is 19.5 Å². The van der Waals surface area contributed by atoms with Crippen molar-refractivity contribution in [2.75, 3.05) is 13.6 Å². The Bertz CT molecular complexity index is 306. The predicted octanol–water partition coefficient (Wildman–Crippen LogP) is 0.246. The van der Waals surface area contributed by atoms with Crippen molar-refractivity contribution >= 4 is 0 Å². The highest BCUT2D eigenvalue weighted by Crippen LogP contribution is 2.28. The van der Waals surface area contributed by atoms with Gasteiger partial charge in [-0.05, 0) is 11.8 Å². The molecule has 3 unspecified atom stereocenters. The van der Waals surface area contributed by atoms with E-state index in [0.29, 0.717) is 12.0 Å². The number of nitrogens with two attached hydrogens (primary N) is 1. The molecule has 0 aromatic carbocycles. The van der Waals surface area contributed by atoms with Crippen LogP contribution in [0.15, 0.2) is 36.1 Å². The van der Waals surface area contributed by atoms with E-state index in [2.05, 4.69) is 36.4 Å². The fraction of sp³-hybridized carbons (Fsp3) is 0.455. The topological polar surface area (TPSA) is 49.5 Å². The molecule has 0 saturated carbocycles. The molecule has 0 aromatic rings. The van der Waals surface area contributed by atoms with Crippen LogP contribution in [0.4, 0.5) is 0 Å². The molecule has 0 saturated heterocycles. The average Bonchev–Trinajstić information content (AvgIpc) is 2.59. The maximum Gasteiger partial charge on any atom is 0.0909 e. The third-order valence-electron chi connectivity index (χ3n) is 2.89.